The summed E-state index contributed by atoms with van der Waals surface area (Å²) in [5, 5.41) is 0. The summed E-state index contributed by atoms with van der Waals surface area (Å²) < 4.78 is 0. The minimum Gasteiger partial charge on any atom is -0.338 e. The van der Waals surface area contributed by atoms with Gasteiger partial charge in [-0.25, -0.2) is 9.97 Å². The van der Waals surface area contributed by atoms with Crippen molar-refractivity contribution in [2.24, 2.45) is 0 Å². The van der Waals surface area contributed by atoms with Crippen LogP contribution >= 0.6 is 0 Å². The monoisotopic (exact) mass is 205 g/mol. The number of aromatic nitrogens is 2. The first-order valence-corrected chi connectivity index (χ1v) is 5.35. The highest BCUT2D eigenvalue weighted by molar-refractivity contribution is 5.73. The van der Waals surface area contributed by atoms with Crippen LogP contribution in [0.5, 0.6) is 0 Å². The van der Waals surface area contributed by atoms with Crippen LogP contribution in [-0.2, 0) is 0 Å². The van der Waals surface area contributed by atoms with Crippen molar-refractivity contribution in [3.63, 3.8) is 0 Å². The van der Waals surface area contributed by atoms with E-state index in [1.165, 1.54) is 19.3 Å². The fourth-order valence-corrected chi connectivity index (χ4v) is 1.94. The van der Waals surface area contributed by atoms with Crippen LogP contribution in [0.3, 0.4) is 0 Å². The van der Waals surface area contributed by atoms with Gasteiger partial charge in [0.15, 0.2) is 6.29 Å². The van der Waals surface area contributed by atoms with Crippen molar-refractivity contribution in [2.45, 2.75) is 32.2 Å². The van der Waals surface area contributed by atoms with Crippen LogP contribution in [0.4, 0.5) is 5.95 Å². The molecule has 0 aliphatic carbocycles. The third-order valence-corrected chi connectivity index (χ3v) is 2.85. The highest BCUT2D eigenvalue weighted by atomic mass is 16.1. The summed E-state index contributed by atoms with van der Waals surface area (Å²) >= 11 is 0. The van der Waals surface area contributed by atoms with E-state index in [0.29, 0.717) is 11.6 Å². The molecule has 1 atom stereocenters. The van der Waals surface area contributed by atoms with Crippen molar-refractivity contribution < 1.29 is 4.79 Å². The quantitative estimate of drug-likeness (QED) is 0.689. The molecule has 0 N–H and O–H groups in total. The maximum absolute atomic E-state index is 10.5. The molecule has 1 fully saturated rings. The van der Waals surface area contributed by atoms with Gasteiger partial charge in [0.1, 0.15) is 0 Å². The van der Waals surface area contributed by atoms with Gasteiger partial charge in [0.2, 0.25) is 5.95 Å². The van der Waals surface area contributed by atoms with Gasteiger partial charge >= 0.3 is 0 Å². The molecule has 0 bridgehead atoms. The van der Waals surface area contributed by atoms with Crippen LogP contribution in [0.25, 0.3) is 0 Å². The molecule has 1 aromatic heterocycles. The summed E-state index contributed by atoms with van der Waals surface area (Å²) in [6, 6.07) is 0.501. The molecular weight excluding hydrogens is 190 g/mol. The predicted octanol–water partition coefficient (Wildman–Crippen LogP) is 1.67. The fourth-order valence-electron chi connectivity index (χ4n) is 1.94. The zero-order valence-corrected chi connectivity index (χ0v) is 8.89. The second kappa shape index (κ2) is 4.38. The highest BCUT2D eigenvalue weighted by Gasteiger charge is 2.20. The lowest BCUT2D eigenvalue weighted by atomic mass is 10.0. The highest BCUT2D eigenvalue weighted by Crippen LogP contribution is 2.20. The minimum absolute atomic E-state index is 0.501. The Bertz CT molecular complexity index is 336. The lowest BCUT2D eigenvalue weighted by Crippen LogP contribution is -2.38. The Hall–Kier alpha value is -1.45. The molecule has 2 heterocycles. The molecule has 2 rings (SSSR count). The third kappa shape index (κ3) is 2.14. The summed E-state index contributed by atoms with van der Waals surface area (Å²) in [4.78, 5) is 21.1. The molecule has 0 saturated carbocycles. The molecule has 1 saturated heterocycles. The van der Waals surface area contributed by atoms with Crippen LogP contribution in [0.2, 0.25) is 0 Å². The summed E-state index contributed by atoms with van der Waals surface area (Å²) in [6.07, 6.45) is 7.60. The zero-order valence-electron chi connectivity index (χ0n) is 8.89. The first kappa shape index (κ1) is 10.1. The Morgan fingerprint density at radius 3 is 2.73 bits per heavy atom. The normalized spacial score (nSPS) is 21.4. The SMILES string of the molecule is C[C@@H]1CCCCN1c1ncc(C=O)cn1. The van der Waals surface area contributed by atoms with E-state index in [9.17, 15) is 4.79 Å². The van der Waals surface area contributed by atoms with E-state index >= 15 is 0 Å². The molecule has 0 amide bonds. The minimum atomic E-state index is 0.501. The molecule has 1 aliphatic rings. The van der Waals surface area contributed by atoms with E-state index in [4.69, 9.17) is 0 Å². The van der Waals surface area contributed by atoms with E-state index in [0.717, 1.165) is 18.8 Å². The molecule has 1 aromatic rings. The average molecular weight is 205 g/mol. The number of rotatable bonds is 2. The van der Waals surface area contributed by atoms with Gasteiger partial charge in [-0.15, -0.1) is 0 Å². The summed E-state index contributed by atoms with van der Waals surface area (Å²) in [7, 11) is 0. The lowest BCUT2D eigenvalue weighted by Gasteiger charge is -2.33. The number of anilines is 1. The molecule has 0 spiro atoms. The third-order valence-electron chi connectivity index (χ3n) is 2.85. The van der Waals surface area contributed by atoms with Crippen molar-refractivity contribution in [1.29, 1.82) is 0 Å². The number of piperidine rings is 1. The molecule has 80 valence electrons. The first-order chi connectivity index (χ1) is 7.31. The van der Waals surface area contributed by atoms with Gasteiger partial charge in [-0.2, -0.15) is 0 Å². The Balaban J connectivity index is 2.16. The van der Waals surface area contributed by atoms with Crippen LogP contribution in [-0.4, -0.2) is 28.8 Å². The summed E-state index contributed by atoms with van der Waals surface area (Å²) in [6.45, 7) is 3.21. The maximum atomic E-state index is 10.5. The second-order valence-corrected chi connectivity index (χ2v) is 3.97. The van der Waals surface area contributed by atoms with Crippen LogP contribution in [0.15, 0.2) is 12.4 Å². The van der Waals surface area contributed by atoms with Crippen molar-refractivity contribution in [1.82, 2.24) is 9.97 Å². The largest absolute Gasteiger partial charge is 0.338 e. The number of carbonyl (C=O) groups excluding carboxylic acids is 1. The number of hydrogen-bond donors (Lipinski definition) is 0. The summed E-state index contributed by atoms with van der Waals surface area (Å²) in [5.41, 5.74) is 0.531. The van der Waals surface area contributed by atoms with Crippen LogP contribution < -0.4 is 4.90 Å². The van der Waals surface area contributed by atoms with Crippen LogP contribution in [0, 0.1) is 0 Å². The number of carbonyl (C=O) groups is 1. The van der Waals surface area contributed by atoms with Crippen molar-refractivity contribution in [3.05, 3.63) is 18.0 Å². The first-order valence-electron chi connectivity index (χ1n) is 5.35. The van der Waals surface area contributed by atoms with E-state index in [-0.39, 0.29) is 0 Å². The van der Waals surface area contributed by atoms with E-state index < -0.39 is 0 Å². The summed E-state index contributed by atoms with van der Waals surface area (Å²) in [5.74, 6) is 0.743. The Kier molecular flexibility index (Phi) is 2.94. The number of hydrogen-bond acceptors (Lipinski definition) is 4. The van der Waals surface area contributed by atoms with Gasteiger partial charge in [0.25, 0.3) is 0 Å². The average Bonchev–Trinajstić information content (AvgIpc) is 2.30. The Morgan fingerprint density at radius 1 is 1.40 bits per heavy atom. The van der Waals surface area contributed by atoms with Gasteiger partial charge in [-0.05, 0) is 26.2 Å². The van der Waals surface area contributed by atoms with Crippen molar-refractivity contribution in [2.75, 3.05) is 11.4 Å². The van der Waals surface area contributed by atoms with Gasteiger partial charge in [0.05, 0.1) is 5.56 Å². The molecule has 1 aliphatic heterocycles. The molecule has 4 nitrogen and oxygen atoms in total. The second-order valence-electron chi connectivity index (χ2n) is 3.97. The molecule has 0 unspecified atom stereocenters. The molecule has 15 heavy (non-hydrogen) atoms. The van der Waals surface area contributed by atoms with Gasteiger partial charge < -0.3 is 4.90 Å². The van der Waals surface area contributed by atoms with Gasteiger partial charge in [-0.1, -0.05) is 0 Å². The van der Waals surface area contributed by atoms with Crippen molar-refractivity contribution in [3.8, 4) is 0 Å². The lowest BCUT2D eigenvalue weighted by molar-refractivity contribution is 0.112. The standard InChI is InChI=1S/C11H15N3O/c1-9-4-2-3-5-14(9)11-12-6-10(8-15)7-13-11/h6-9H,2-5H2,1H3/t9-/m1/s1. The van der Waals surface area contributed by atoms with Gasteiger partial charge in [0, 0.05) is 25.0 Å². The van der Waals surface area contributed by atoms with Crippen LogP contribution in [0.1, 0.15) is 36.5 Å². The van der Waals surface area contributed by atoms with Crippen molar-refractivity contribution >= 4 is 12.2 Å². The van der Waals surface area contributed by atoms with E-state index in [1.807, 2.05) is 0 Å². The Labute approximate surface area is 89.3 Å². The molecule has 0 aromatic carbocycles. The van der Waals surface area contributed by atoms with E-state index in [2.05, 4.69) is 21.8 Å². The molecule has 0 radical (unpaired) electrons. The van der Waals surface area contributed by atoms with Gasteiger partial charge in [-0.3, -0.25) is 4.79 Å². The number of nitrogens with zero attached hydrogens (tertiary/aromatic N) is 3. The Morgan fingerprint density at radius 2 is 2.13 bits per heavy atom. The predicted molar refractivity (Wildman–Crippen MR) is 58.1 cm³/mol. The topological polar surface area (TPSA) is 46.1 Å². The molecular formula is C11H15N3O. The van der Waals surface area contributed by atoms with E-state index in [1.54, 1.807) is 12.4 Å². The zero-order chi connectivity index (χ0) is 10.7. The fraction of sp³-hybridized carbons (Fsp3) is 0.545. The molecule has 4 heteroatoms. The number of aldehydes is 1. The maximum Gasteiger partial charge on any atom is 0.225 e. The smallest absolute Gasteiger partial charge is 0.225 e.